The van der Waals surface area contributed by atoms with Crippen molar-refractivity contribution in [2.75, 3.05) is 19.0 Å². The van der Waals surface area contributed by atoms with Crippen LogP contribution in [0.4, 0.5) is 10.1 Å². The highest BCUT2D eigenvalue weighted by atomic mass is 19.1. The molecule has 0 aliphatic rings. The van der Waals surface area contributed by atoms with Crippen LogP contribution >= 0.6 is 0 Å². The molecule has 0 bridgehead atoms. The second-order valence-corrected chi connectivity index (χ2v) is 4.55. The summed E-state index contributed by atoms with van der Waals surface area (Å²) in [4.78, 5) is 22.9. The number of carbonyl (C=O) groups excluding carboxylic acids is 2. The highest BCUT2D eigenvalue weighted by Crippen LogP contribution is 2.28. The fourth-order valence-electron chi connectivity index (χ4n) is 1.83. The van der Waals surface area contributed by atoms with Crippen LogP contribution in [-0.2, 0) is 4.79 Å². The summed E-state index contributed by atoms with van der Waals surface area (Å²) in [5, 5.41) is 2.46. The predicted molar refractivity (Wildman–Crippen MR) is 82.0 cm³/mol. The average Bonchev–Trinajstić information content (AvgIpc) is 2.54. The lowest BCUT2D eigenvalue weighted by atomic mass is 10.1. The second kappa shape index (κ2) is 7.26. The molecule has 23 heavy (non-hydrogen) atoms. The maximum atomic E-state index is 13.5. The lowest BCUT2D eigenvalue weighted by molar-refractivity contribution is -0.119. The molecule has 0 spiro atoms. The number of amides is 2. The van der Waals surface area contributed by atoms with Crippen molar-refractivity contribution in [3.63, 3.8) is 0 Å². The summed E-state index contributed by atoms with van der Waals surface area (Å²) in [6.45, 7) is -0.308. The Kier molecular flexibility index (Phi) is 5.14. The molecular weight excluding hydrogens is 303 g/mol. The summed E-state index contributed by atoms with van der Waals surface area (Å²) in [6.07, 6.45) is 0. The highest BCUT2D eigenvalue weighted by Gasteiger charge is 2.13. The van der Waals surface area contributed by atoms with Gasteiger partial charge >= 0.3 is 0 Å². The Labute approximate surface area is 132 Å². The van der Waals surface area contributed by atoms with Crippen LogP contribution in [0.5, 0.6) is 11.5 Å². The van der Waals surface area contributed by atoms with Crippen molar-refractivity contribution >= 4 is 17.5 Å². The quantitative estimate of drug-likeness (QED) is 0.851. The minimum atomic E-state index is -0.631. The molecule has 2 amide bonds. The first-order valence-electron chi connectivity index (χ1n) is 6.66. The van der Waals surface area contributed by atoms with Gasteiger partial charge in [0, 0.05) is 5.56 Å². The first kappa shape index (κ1) is 16.3. The van der Waals surface area contributed by atoms with E-state index in [1.165, 1.54) is 43.5 Å². The third-order valence-electron chi connectivity index (χ3n) is 2.92. The van der Waals surface area contributed by atoms with Crippen LogP contribution in [0.25, 0.3) is 0 Å². The van der Waals surface area contributed by atoms with Gasteiger partial charge in [0.15, 0.2) is 18.1 Å². The van der Waals surface area contributed by atoms with E-state index < -0.39 is 17.6 Å². The van der Waals surface area contributed by atoms with Crippen molar-refractivity contribution in [1.82, 2.24) is 0 Å². The Bertz CT molecular complexity index is 734. The van der Waals surface area contributed by atoms with E-state index in [4.69, 9.17) is 15.2 Å². The molecular formula is C16H15FN2O4. The topological polar surface area (TPSA) is 90.7 Å². The molecule has 120 valence electrons. The summed E-state index contributed by atoms with van der Waals surface area (Å²) in [7, 11) is 1.39. The molecule has 2 aromatic rings. The SMILES string of the molecule is COc1cc(C(=O)Nc2ccccc2F)ccc1OCC(N)=O. The van der Waals surface area contributed by atoms with E-state index in [1.54, 1.807) is 6.07 Å². The van der Waals surface area contributed by atoms with Gasteiger partial charge in [0.2, 0.25) is 0 Å². The van der Waals surface area contributed by atoms with Crippen molar-refractivity contribution in [2.24, 2.45) is 5.73 Å². The van der Waals surface area contributed by atoms with E-state index >= 15 is 0 Å². The van der Waals surface area contributed by atoms with E-state index in [0.717, 1.165) is 0 Å². The van der Waals surface area contributed by atoms with Crippen LogP contribution in [0.1, 0.15) is 10.4 Å². The monoisotopic (exact) mass is 318 g/mol. The summed E-state index contributed by atoms with van der Waals surface area (Å²) >= 11 is 0. The molecule has 0 saturated heterocycles. The van der Waals surface area contributed by atoms with Gasteiger partial charge in [-0.25, -0.2) is 4.39 Å². The number of hydrogen-bond donors (Lipinski definition) is 2. The molecule has 0 atom stereocenters. The van der Waals surface area contributed by atoms with E-state index in [9.17, 15) is 14.0 Å². The normalized spacial score (nSPS) is 10.0. The van der Waals surface area contributed by atoms with Crippen LogP contribution in [0, 0.1) is 5.82 Å². The standard InChI is InChI=1S/C16H15FN2O4/c1-22-14-8-10(6-7-13(14)23-9-15(18)20)16(21)19-12-5-3-2-4-11(12)17/h2-8H,9H2,1H3,(H2,18,20)(H,19,21). The van der Waals surface area contributed by atoms with E-state index in [-0.39, 0.29) is 29.4 Å². The molecule has 0 radical (unpaired) electrons. The minimum Gasteiger partial charge on any atom is -0.493 e. The van der Waals surface area contributed by atoms with Gasteiger partial charge in [-0.05, 0) is 30.3 Å². The van der Waals surface area contributed by atoms with Gasteiger partial charge in [-0.3, -0.25) is 9.59 Å². The van der Waals surface area contributed by atoms with Crippen LogP contribution < -0.4 is 20.5 Å². The molecule has 0 aromatic heterocycles. The molecule has 2 rings (SSSR count). The Balaban J connectivity index is 2.18. The van der Waals surface area contributed by atoms with Crippen LogP contribution in [0.2, 0.25) is 0 Å². The first-order chi connectivity index (χ1) is 11.0. The zero-order valence-electron chi connectivity index (χ0n) is 12.3. The van der Waals surface area contributed by atoms with E-state index in [0.29, 0.717) is 0 Å². The lowest BCUT2D eigenvalue weighted by Crippen LogP contribution is -2.20. The Hall–Kier alpha value is -3.09. The third kappa shape index (κ3) is 4.19. The number of methoxy groups -OCH3 is 1. The molecule has 7 heteroatoms. The van der Waals surface area contributed by atoms with Crippen molar-refractivity contribution in [1.29, 1.82) is 0 Å². The van der Waals surface area contributed by atoms with Crippen LogP contribution in [-0.4, -0.2) is 25.5 Å². The number of nitrogens with two attached hydrogens (primary N) is 1. The van der Waals surface area contributed by atoms with Gasteiger partial charge < -0.3 is 20.5 Å². The number of carbonyl (C=O) groups is 2. The number of primary amides is 1. The molecule has 0 fully saturated rings. The maximum absolute atomic E-state index is 13.5. The van der Waals surface area contributed by atoms with Crippen LogP contribution in [0.15, 0.2) is 42.5 Å². The molecule has 0 saturated carbocycles. The van der Waals surface area contributed by atoms with E-state index in [2.05, 4.69) is 5.32 Å². The van der Waals surface area contributed by atoms with Crippen molar-refractivity contribution in [2.45, 2.75) is 0 Å². The van der Waals surface area contributed by atoms with Gasteiger partial charge in [-0.15, -0.1) is 0 Å². The molecule has 0 heterocycles. The summed E-state index contributed by atoms with van der Waals surface area (Å²) in [5.74, 6) is -1.14. The molecule has 0 unspecified atom stereocenters. The zero-order valence-corrected chi connectivity index (χ0v) is 12.3. The smallest absolute Gasteiger partial charge is 0.255 e. The van der Waals surface area contributed by atoms with Gasteiger partial charge in [0.1, 0.15) is 5.82 Å². The summed E-state index contributed by atoms with van der Waals surface area (Å²) < 4.78 is 23.8. The van der Waals surface area contributed by atoms with Gasteiger partial charge in [0.25, 0.3) is 11.8 Å². The number of ether oxygens (including phenoxy) is 2. The van der Waals surface area contributed by atoms with Crippen molar-refractivity contribution < 1.29 is 23.5 Å². The first-order valence-corrected chi connectivity index (χ1v) is 6.66. The van der Waals surface area contributed by atoms with Gasteiger partial charge in [-0.1, -0.05) is 12.1 Å². The number of para-hydroxylation sites is 1. The number of rotatable bonds is 6. The summed E-state index contributed by atoms with van der Waals surface area (Å²) in [5.41, 5.74) is 5.33. The molecule has 0 aliphatic heterocycles. The Morgan fingerprint density at radius 3 is 2.57 bits per heavy atom. The fourth-order valence-corrected chi connectivity index (χ4v) is 1.83. The number of halogens is 1. The highest BCUT2D eigenvalue weighted by molar-refractivity contribution is 6.04. The average molecular weight is 318 g/mol. The number of benzene rings is 2. The maximum Gasteiger partial charge on any atom is 0.255 e. The Morgan fingerprint density at radius 2 is 1.91 bits per heavy atom. The van der Waals surface area contributed by atoms with Crippen molar-refractivity contribution in [3.8, 4) is 11.5 Å². The number of nitrogens with one attached hydrogen (secondary N) is 1. The molecule has 6 nitrogen and oxygen atoms in total. The van der Waals surface area contributed by atoms with Gasteiger partial charge in [-0.2, -0.15) is 0 Å². The summed E-state index contributed by atoms with van der Waals surface area (Å²) in [6, 6.07) is 10.2. The molecule has 2 aromatic carbocycles. The van der Waals surface area contributed by atoms with Crippen LogP contribution in [0.3, 0.4) is 0 Å². The second-order valence-electron chi connectivity index (χ2n) is 4.55. The largest absolute Gasteiger partial charge is 0.493 e. The number of anilines is 1. The number of hydrogen-bond acceptors (Lipinski definition) is 4. The third-order valence-corrected chi connectivity index (χ3v) is 2.92. The molecule has 0 aliphatic carbocycles. The fraction of sp³-hybridized carbons (Fsp3) is 0.125. The minimum absolute atomic E-state index is 0.0746. The zero-order chi connectivity index (χ0) is 16.8. The lowest BCUT2D eigenvalue weighted by Gasteiger charge is -2.11. The predicted octanol–water partition coefficient (Wildman–Crippen LogP) is 1.95. The molecule has 3 N–H and O–H groups in total. The van der Waals surface area contributed by atoms with Gasteiger partial charge in [0.05, 0.1) is 12.8 Å². The van der Waals surface area contributed by atoms with Crippen molar-refractivity contribution in [3.05, 3.63) is 53.8 Å². The Morgan fingerprint density at radius 1 is 1.17 bits per heavy atom. The van der Waals surface area contributed by atoms with E-state index in [1.807, 2.05) is 0 Å².